The van der Waals surface area contributed by atoms with Crippen molar-refractivity contribution >= 4 is 23.5 Å². The number of likely N-dealkylation sites (tertiary alicyclic amines) is 1. The smallest absolute Gasteiger partial charge is 0.329 e. The lowest BCUT2D eigenvalue weighted by Gasteiger charge is -2.41. The number of benzene rings is 2. The predicted molar refractivity (Wildman–Crippen MR) is 147 cm³/mol. The molecule has 4 aromatic rings. The molecule has 1 spiro atoms. The van der Waals surface area contributed by atoms with Crippen LogP contribution >= 0.6 is 0 Å². The number of hydrogen-bond acceptors (Lipinski definition) is 5. The number of carbonyl (C=O) groups excluding carboxylic acids is 3. The second-order valence-electron chi connectivity index (χ2n) is 10.5. The van der Waals surface area contributed by atoms with Crippen molar-refractivity contribution in [2.45, 2.75) is 31.2 Å². The van der Waals surface area contributed by atoms with Crippen molar-refractivity contribution in [2.24, 2.45) is 0 Å². The molecule has 0 saturated carbocycles. The highest BCUT2D eigenvalue weighted by molar-refractivity contribution is 6.17. The molecular formula is C30H24F4N6O3. The van der Waals surface area contributed by atoms with Gasteiger partial charge in [0.1, 0.15) is 17.2 Å². The van der Waals surface area contributed by atoms with E-state index in [0.717, 1.165) is 12.1 Å². The van der Waals surface area contributed by atoms with Crippen molar-refractivity contribution in [1.82, 2.24) is 25.0 Å². The van der Waals surface area contributed by atoms with Crippen LogP contribution in [0.1, 0.15) is 35.8 Å². The second-order valence-corrected chi connectivity index (χ2v) is 10.5. The van der Waals surface area contributed by atoms with Crippen LogP contribution in [0, 0.1) is 11.6 Å². The summed E-state index contributed by atoms with van der Waals surface area (Å²) in [5.74, 6) is -5.98. The van der Waals surface area contributed by atoms with E-state index in [2.05, 4.69) is 15.4 Å². The Labute approximate surface area is 242 Å². The topological polar surface area (TPSA) is 100 Å². The molecule has 2 aliphatic heterocycles. The number of piperidine rings is 1. The summed E-state index contributed by atoms with van der Waals surface area (Å²) in [4.78, 5) is 46.3. The fraction of sp³-hybridized carbons (Fsp3) is 0.233. The maximum atomic E-state index is 14.7. The highest BCUT2D eigenvalue weighted by Gasteiger charge is 2.55. The van der Waals surface area contributed by atoms with Gasteiger partial charge in [0.05, 0.1) is 16.9 Å². The Morgan fingerprint density at radius 2 is 1.67 bits per heavy atom. The monoisotopic (exact) mass is 592 g/mol. The van der Waals surface area contributed by atoms with E-state index in [1.54, 1.807) is 18.3 Å². The van der Waals surface area contributed by atoms with Crippen LogP contribution in [-0.2, 0) is 10.7 Å². The number of anilines is 1. The van der Waals surface area contributed by atoms with Gasteiger partial charge in [0.2, 0.25) is 0 Å². The zero-order valence-corrected chi connectivity index (χ0v) is 22.7. The number of alkyl halides is 2. The molecule has 2 fully saturated rings. The minimum atomic E-state index is -3.39. The zero-order valence-electron chi connectivity index (χ0n) is 22.7. The van der Waals surface area contributed by atoms with Crippen LogP contribution in [0.15, 0.2) is 73.1 Å². The molecule has 43 heavy (non-hydrogen) atoms. The first-order valence-corrected chi connectivity index (χ1v) is 13.4. The Morgan fingerprint density at radius 3 is 2.30 bits per heavy atom. The number of hydrogen-bond donors (Lipinski definition) is 1. The van der Waals surface area contributed by atoms with Crippen molar-refractivity contribution in [1.29, 1.82) is 0 Å². The van der Waals surface area contributed by atoms with E-state index in [0.29, 0.717) is 23.9 Å². The van der Waals surface area contributed by atoms with Crippen molar-refractivity contribution < 1.29 is 31.9 Å². The fourth-order valence-corrected chi connectivity index (χ4v) is 5.61. The van der Waals surface area contributed by atoms with E-state index in [4.69, 9.17) is 0 Å². The minimum Gasteiger partial charge on any atom is -0.337 e. The summed E-state index contributed by atoms with van der Waals surface area (Å²) in [7, 11) is 0. The molecule has 9 nitrogen and oxygen atoms in total. The molecule has 0 unspecified atom stereocenters. The van der Waals surface area contributed by atoms with Crippen molar-refractivity contribution in [3.63, 3.8) is 0 Å². The lowest BCUT2D eigenvalue weighted by Crippen LogP contribution is -2.57. The summed E-state index contributed by atoms with van der Waals surface area (Å²) < 4.78 is 57.2. The highest BCUT2D eigenvalue weighted by atomic mass is 19.3. The summed E-state index contributed by atoms with van der Waals surface area (Å²) in [5.41, 5.74) is -0.624. The Balaban J connectivity index is 1.30. The van der Waals surface area contributed by atoms with Gasteiger partial charge in [-0.25, -0.2) is 27.0 Å². The standard InChI is InChI=1S/C30H24F4N6O3/c1-29(33,34)22-9-8-21(15-23(22)32)40-25(18-3-2-12-35-17-18)16-24(37-40)26(41)38-13-10-30(11-14-38)27(42)36-28(43)39(30)20-6-4-19(31)5-7-20/h2-9,12,15-17H,10-11,13-14H2,1H3,(H,36,42,43). The molecule has 0 atom stereocenters. The van der Waals surface area contributed by atoms with E-state index >= 15 is 0 Å². The quantitative estimate of drug-likeness (QED) is 0.258. The molecule has 0 radical (unpaired) electrons. The maximum Gasteiger partial charge on any atom is 0.329 e. The van der Waals surface area contributed by atoms with E-state index in [1.807, 2.05) is 0 Å². The number of aromatic nitrogens is 3. The molecule has 1 N–H and O–H groups in total. The van der Waals surface area contributed by atoms with Crippen molar-refractivity contribution in [3.05, 3.63) is 95.9 Å². The third kappa shape index (κ3) is 4.90. The summed E-state index contributed by atoms with van der Waals surface area (Å²) in [5, 5.41) is 6.75. The summed E-state index contributed by atoms with van der Waals surface area (Å²) in [6, 6.07) is 12.7. The molecule has 2 saturated heterocycles. The van der Waals surface area contributed by atoms with Gasteiger partial charge in [0.25, 0.3) is 17.7 Å². The van der Waals surface area contributed by atoms with Gasteiger partial charge in [-0.1, -0.05) is 0 Å². The third-order valence-electron chi connectivity index (χ3n) is 7.79. The van der Waals surface area contributed by atoms with Crippen molar-refractivity contribution in [2.75, 3.05) is 18.0 Å². The van der Waals surface area contributed by atoms with Crippen molar-refractivity contribution in [3.8, 4) is 16.9 Å². The van der Waals surface area contributed by atoms with Gasteiger partial charge < -0.3 is 4.90 Å². The van der Waals surface area contributed by atoms with Gasteiger partial charge in [-0.2, -0.15) is 5.10 Å². The lowest BCUT2D eigenvalue weighted by atomic mass is 9.85. The molecule has 0 bridgehead atoms. The largest absolute Gasteiger partial charge is 0.337 e. The molecule has 2 aromatic carbocycles. The van der Waals surface area contributed by atoms with Gasteiger partial charge in [0, 0.05) is 49.7 Å². The zero-order chi connectivity index (χ0) is 30.5. The molecule has 2 aliphatic rings. The lowest BCUT2D eigenvalue weighted by molar-refractivity contribution is -0.124. The fourth-order valence-electron chi connectivity index (χ4n) is 5.61. The Kier molecular flexibility index (Phi) is 6.74. The number of amides is 4. The predicted octanol–water partition coefficient (Wildman–Crippen LogP) is 5.06. The van der Waals surface area contributed by atoms with Crippen LogP contribution in [0.25, 0.3) is 16.9 Å². The maximum absolute atomic E-state index is 14.7. The van der Waals surface area contributed by atoms with Gasteiger partial charge in [-0.15, -0.1) is 0 Å². The Bertz CT molecular complexity index is 1730. The van der Waals surface area contributed by atoms with E-state index in [1.165, 1.54) is 57.1 Å². The van der Waals surface area contributed by atoms with E-state index in [9.17, 15) is 31.9 Å². The molecule has 0 aliphatic carbocycles. The molecular weight excluding hydrogens is 568 g/mol. The van der Waals surface area contributed by atoms with E-state index in [-0.39, 0.29) is 37.3 Å². The first-order chi connectivity index (χ1) is 20.5. The first-order valence-electron chi connectivity index (χ1n) is 13.4. The Hall–Kier alpha value is -5.07. The van der Waals surface area contributed by atoms with Crippen LogP contribution in [0.4, 0.5) is 28.0 Å². The summed E-state index contributed by atoms with van der Waals surface area (Å²) in [6.07, 6.45) is 3.30. The average molecular weight is 593 g/mol. The number of nitrogens with one attached hydrogen (secondary N) is 1. The van der Waals surface area contributed by atoms with Crippen LogP contribution < -0.4 is 10.2 Å². The van der Waals surface area contributed by atoms with Crippen LogP contribution in [0.2, 0.25) is 0 Å². The number of halogens is 4. The second kappa shape index (κ2) is 10.3. The third-order valence-corrected chi connectivity index (χ3v) is 7.79. The van der Waals surface area contributed by atoms with E-state index < -0.39 is 46.5 Å². The molecule has 220 valence electrons. The molecule has 4 amide bonds. The van der Waals surface area contributed by atoms with Crippen LogP contribution in [0.5, 0.6) is 0 Å². The number of rotatable bonds is 5. The van der Waals surface area contributed by atoms with Gasteiger partial charge >= 0.3 is 6.03 Å². The molecule has 2 aromatic heterocycles. The van der Waals surface area contributed by atoms with Crippen LogP contribution in [-0.4, -0.2) is 56.1 Å². The van der Waals surface area contributed by atoms with Gasteiger partial charge in [-0.3, -0.25) is 24.8 Å². The minimum absolute atomic E-state index is 0.00227. The Morgan fingerprint density at radius 1 is 0.977 bits per heavy atom. The average Bonchev–Trinajstić information content (AvgIpc) is 3.53. The number of nitrogens with zero attached hydrogens (tertiary/aromatic N) is 5. The molecule has 6 rings (SSSR count). The molecule has 4 heterocycles. The highest BCUT2D eigenvalue weighted by Crippen LogP contribution is 2.38. The first kappa shape index (κ1) is 28.1. The van der Waals surface area contributed by atoms with Crippen LogP contribution in [0.3, 0.4) is 0 Å². The number of urea groups is 1. The number of carbonyl (C=O) groups is 3. The number of pyridine rings is 1. The summed E-state index contributed by atoms with van der Waals surface area (Å²) in [6.45, 7) is 0.798. The summed E-state index contributed by atoms with van der Waals surface area (Å²) >= 11 is 0. The SMILES string of the molecule is CC(F)(F)c1ccc(-n2nc(C(=O)N3CCC4(CC3)C(=O)NC(=O)N4c3ccc(F)cc3)cc2-c2cccnc2)cc1F. The van der Waals surface area contributed by atoms with Gasteiger partial charge in [0.15, 0.2) is 5.69 Å². The number of imide groups is 1. The van der Waals surface area contributed by atoms with Gasteiger partial charge in [-0.05, 0) is 67.4 Å². The molecule has 13 heteroatoms. The normalized spacial score (nSPS) is 16.6.